The van der Waals surface area contributed by atoms with Gasteiger partial charge in [-0.05, 0) is 49.8 Å². The maximum atomic E-state index is 11.5. The molecule has 0 radical (unpaired) electrons. The zero-order chi connectivity index (χ0) is 15.7. The Kier molecular flexibility index (Phi) is 8.11. The summed E-state index contributed by atoms with van der Waals surface area (Å²) in [7, 11) is 0. The average Bonchev–Trinajstić information content (AvgIpc) is 2.46. The summed E-state index contributed by atoms with van der Waals surface area (Å²) in [6, 6.07) is 6.50. The number of benzene rings is 1. The summed E-state index contributed by atoms with van der Waals surface area (Å²) in [4.78, 5) is 11.5. The third-order valence-corrected chi connectivity index (χ3v) is 3.75. The van der Waals surface area contributed by atoms with Crippen LogP contribution in [0.1, 0.15) is 64.0 Å². The van der Waals surface area contributed by atoms with Crippen molar-refractivity contribution in [3.05, 3.63) is 29.3 Å². The van der Waals surface area contributed by atoms with Crippen LogP contribution < -0.4 is 4.74 Å². The Balaban J connectivity index is 2.33. The van der Waals surface area contributed by atoms with Gasteiger partial charge in [-0.25, -0.2) is 0 Å². The lowest BCUT2D eigenvalue weighted by Crippen LogP contribution is -2.06. The summed E-state index contributed by atoms with van der Waals surface area (Å²) in [5, 5.41) is 0. The summed E-state index contributed by atoms with van der Waals surface area (Å²) < 4.78 is 5.77. The Morgan fingerprint density at radius 2 is 1.95 bits per heavy atom. The molecule has 0 N–H and O–H groups in total. The van der Waals surface area contributed by atoms with E-state index in [2.05, 4.69) is 32.0 Å². The van der Waals surface area contributed by atoms with Crippen molar-refractivity contribution in [3.63, 3.8) is 0 Å². The van der Waals surface area contributed by atoms with E-state index in [1.807, 2.05) is 13.8 Å². The highest BCUT2D eigenvalue weighted by molar-refractivity contribution is 5.80. The number of ketones is 1. The fourth-order valence-electron chi connectivity index (χ4n) is 2.26. The molecule has 2 heteroatoms. The molecular formula is C19H30O2. The molecule has 0 spiro atoms. The van der Waals surface area contributed by atoms with Crippen LogP contribution in [-0.4, -0.2) is 12.4 Å². The number of hydrogen-bond acceptors (Lipinski definition) is 2. The second kappa shape index (κ2) is 9.59. The molecule has 1 aromatic carbocycles. The molecule has 0 saturated heterocycles. The third-order valence-electron chi connectivity index (χ3n) is 3.75. The number of ether oxygens (including phenoxy) is 1. The topological polar surface area (TPSA) is 26.3 Å². The molecule has 0 saturated carbocycles. The van der Waals surface area contributed by atoms with Gasteiger partial charge in [0.2, 0.25) is 0 Å². The summed E-state index contributed by atoms with van der Waals surface area (Å²) in [6.45, 7) is 8.95. The minimum atomic E-state index is 0.181. The van der Waals surface area contributed by atoms with Crippen molar-refractivity contribution in [1.82, 2.24) is 0 Å². The van der Waals surface area contributed by atoms with E-state index in [0.717, 1.165) is 50.9 Å². The van der Waals surface area contributed by atoms with E-state index in [0.29, 0.717) is 5.78 Å². The Morgan fingerprint density at radius 3 is 2.62 bits per heavy atom. The summed E-state index contributed by atoms with van der Waals surface area (Å²) in [5.74, 6) is 1.59. The molecule has 0 aliphatic heterocycles. The van der Waals surface area contributed by atoms with Crippen LogP contribution in [0.2, 0.25) is 0 Å². The summed E-state index contributed by atoms with van der Waals surface area (Å²) >= 11 is 0. The molecular weight excluding hydrogens is 260 g/mol. The molecule has 2 nitrogen and oxygen atoms in total. The van der Waals surface area contributed by atoms with Gasteiger partial charge >= 0.3 is 0 Å². The van der Waals surface area contributed by atoms with E-state index < -0.39 is 0 Å². The van der Waals surface area contributed by atoms with Crippen LogP contribution in [0.15, 0.2) is 18.2 Å². The number of carbonyl (C=O) groups is 1. The first-order valence-corrected chi connectivity index (χ1v) is 8.29. The van der Waals surface area contributed by atoms with Gasteiger partial charge in [-0.2, -0.15) is 0 Å². The Hall–Kier alpha value is -1.31. The van der Waals surface area contributed by atoms with Crippen molar-refractivity contribution < 1.29 is 9.53 Å². The number of Topliss-reactive ketones (excluding diaryl/α,β-unsaturated/α-hetero) is 1. The molecule has 0 aromatic heterocycles. The van der Waals surface area contributed by atoms with Gasteiger partial charge in [-0.3, -0.25) is 4.79 Å². The maximum Gasteiger partial charge on any atom is 0.135 e. The Labute approximate surface area is 129 Å². The van der Waals surface area contributed by atoms with Gasteiger partial charge in [0, 0.05) is 12.3 Å². The summed E-state index contributed by atoms with van der Waals surface area (Å²) in [6.07, 6.45) is 6.11. The van der Waals surface area contributed by atoms with Crippen LogP contribution in [0.5, 0.6) is 5.75 Å². The van der Waals surface area contributed by atoms with Gasteiger partial charge in [0.05, 0.1) is 6.61 Å². The fourth-order valence-corrected chi connectivity index (χ4v) is 2.26. The van der Waals surface area contributed by atoms with Gasteiger partial charge in [-0.1, -0.05) is 39.3 Å². The van der Waals surface area contributed by atoms with Crippen LogP contribution in [-0.2, 0) is 11.2 Å². The SMILES string of the molecule is CCCOc1cc(CCCCCC(=O)C(C)C)ccc1C. The van der Waals surface area contributed by atoms with Crippen LogP contribution in [0.25, 0.3) is 0 Å². The standard InChI is InChI=1S/C19H30O2/c1-5-13-21-19-14-17(12-11-16(19)4)9-7-6-8-10-18(20)15(2)3/h11-12,14-15H,5-10,13H2,1-4H3. The minimum absolute atomic E-state index is 0.181. The van der Waals surface area contributed by atoms with E-state index in [-0.39, 0.29) is 5.92 Å². The molecule has 0 aliphatic rings. The molecule has 0 aliphatic carbocycles. The van der Waals surface area contributed by atoms with E-state index in [1.165, 1.54) is 11.1 Å². The van der Waals surface area contributed by atoms with Crippen LogP contribution in [0, 0.1) is 12.8 Å². The normalized spacial score (nSPS) is 10.9. The lowest BCUT2D eigenvalue weighted by Gasteiger charge is -2.10. The summed E-state index contributed by atoms with van der Waals surface area (Å²) in [5.41, 5.74) is 2.54. The molecule has 0 heterocycles. The predicted octanol–water partition coefficient (Wildman–Crippen LogP) is 5.11. The largest absolute Gasteiger partial charge is 0.493 e. The van der Waals surface area contributed by atoms with Gasteiger partial charge in [-0.15, -0.1) is 0 Å². The second-order valence-electron chi connectivity index (χ2n) is 6.13. The van der Waals surface area contributed by atoms with E-state index in [4.69, 9.17) is 4.74 Å². The van der Waals surface area contributed by atoms with E-state index in [9.17, 15) is 4.79 Å². The van der Waals surface area contributed by atoms with Gasteiger partial charge in [0.1, 0.15) is 11.5 Å². The van der Waals surface area contributed by atoms with Gasteiger partial charge in [0.15, 0.2) is 0 Å². The highest BCUT2D eigenvalue weighted by atomic mass is 16.5. The number of carbonyl (C=O) groups excluding carboxylic acids is 1. The first kappa shape index (κ1) is 17.7. The van der Waals surface area contributed by atoms with E-state index >= 15 is 0 Å². The molecule has 0 atom stereocenters. The molecule has 21 heavy (non-hydrogen) atoms. The highest BCUT2D eigenvalue weighted by Crippen LogP contribution is 2.21. The zero-order valence-electron chi connectivity index (χ0n) is 14.1. The number of unbranched alkanes of at least 4 members (excludes halogenated alkanes) is 2. The van der Waals surface area contributed by atoms with Crippen LogP contribution in [0.4, 0.5) is 0 Å². The van der Waals surface area contributed by atoms with Crippen molar-refractivity contribution in [3.8, 4) is 5.75 Å². The monoisotopic (exact) mass is 290 g/mol. The Morgan fingerprint density at radius 1 is 1.19 bits per heavy atom. The van der Waals surface area contributed by atoms with E-state index in [1.54, 1.807) is 0 Å². The molecule has 0 fully saturated rings. The fraction of sp³-hybridized carbons (Fsp3) is 0.632. The number of hydrogen-bond donors (Lipinski definition) is 0. The zero-order valence-corrected chi connectivity index (χ0v) is 14.1. The van der Waals surface area contributed by atoms with Crippen molar-refractivity contribution >= 4 is 5.78 Å². The molecule has 1 rings (SSSR count). The van der Waals surface area contributed by atoms with Crippen LogP contribution in [0.3, 0.4) is 0 Å². The lowest BCUT2D eigenvalue weighted by atomic mass is 10.0. The molecule has 1 aromatic rings. The third kappa shape index (κ3) is 6.79. The number of aryl methyl sites for hydroxylation is 2. The first-order valence-electron chi connectivity index (χ1n) is 8.29. The average molecular weight is 290 g/mol. The predicted molar refractivity (Wildman–Crippen MR) is 89.0 cm³/mol. The smallest absolute Gasteiger partial charge is 0.135 e. The molecule has 118 valence electrons. The minimum Gasteiger partial charge on any atom is -0.493 e. The van der Waals surface area contributed by atoms with Crippen LogP contribution >= 0.6 is 0 Å². The molecule has 0 bridgehead atoms. The molecule has 0 amide bonds. The maximum absolute atomic E-state index is 11.5. The lowest BCUT2D eigenvalue weighted by molar-refractivity contribution is -0.122. The van der Waals surface area contributed by atoms with Crippen molar-refractivity contribution in [1.29, 1.82) is 0 Å². The Bertz CT molecular complexity index is 435. The quantitative estimate of drug-likeness (QED) is 0.560. The number of rotatable bonds is 10. The van der Waals surface area contributed by atoms with Crippen molar-refractivity contribution in [2.24, 2.45) is 5.92 Å². The second-order valence-corrected chi connectivity index (χ2v) is 6.13. The van der Waals surface area contributed by atoms with Gasteiger partial charge < -0.3 is 4.74 Å². The molecule has 0 unspecified atom stereocenters. The highest BCUT2D eigenvalue weighted by Gasteiger charge is 2.06. The van der Waals surface area contributed by atoms with Crippen molar-refractivity contribution in [2.45, 2.75) is 66.2 Å². The first-order chi connectivity index (χ1) is 10.0. The van der Waals surface area contributed by atoms with Crippen molar-refractivity contribution in [2.75, 3.05) is 6.61 Å². The van der Waals surface area contributed by atoms with Gasteiger partial charge in [0.25, 0.3) is 0 Å².